The van der Waals surface area contributed by atoms with E-state index in [0.29, 0.717) is 41.1 Å². The third kappa shape index (κ3) is 6.01. The lowest BCUT2D eigenvalue weighted by Crippen LogP contribution is -2.45. The summed E-state index contributed by atoms with van der Waals surface area (Å²) in [5.74, 6) is 0.927. The quantitative estimate of drug-likeness (QED) is 0.304. The molecule has 1 heterocycles. The van der Waals surface area contributed by atoms with Crippen molar-refractivity contribution in [3.05, 3.63) is 70.9 Å². The Labute approximate surface area is 194 Å². The van der Waals surface area contributed by atoms with E-state index in [1.54, 1.807) is 0 Å². The first-order valence-electron chi connectivity index (χ1n) is 10.9. The second-order valence-electron chi connectivity index (χ2n) is 7.47. The molecule has 1 atom stereocenters. The molecular formula is C25H30N2O4S. The van der Waals surface area contributed by atoms with Crippen LogP contribution in [0.1, 0.15) is 50.8 Å². The van der Waals surface area contributed by atoms with Crippen molar-refractivity contribution in [1.82, 2.24) is 10.6 Å². The third-order valence-corrected chi connectivity index (χ3v) is 5.28. The molecule has 2 aromatic carbocycles. The van der Waals surface area contributed by atoms with Gasteiger partial charge in [0.05, 0.1) is 24.8 Å². The molecule has 6 nitrogen and oxygen atoms in total. The number of carbonyl (C=O) groups excluding carboxylic acids is 1. The molecule has 1 aliphatic heterocycles. The molecule has 32 heavy (non-hydrogen) atoms. The van der Waals surface area contributed by atoms with Gasteiger partial charge in [0.1, 0.15) is 6.61 Å². The maximum atomic E-state index is 13.1. The molecule has 2 N–H and O–H groups in total. The molecule has 0 saturated carbocycles. The van der Waals surface area contributed by atoms with Crippen LogP contribution in [0.3, 0.4) is 0 Å². The van der Waals surface area contributed by atoms with Gasteiger partial charge in [-0.25, -0.2) is 4.79 Å². The minimum Gasteiger partial charge on any atom is -0.490 e. The Balaban J connectivity index is 1.86. The van der Waals surface area contributed by atoms with E-state index in [1.165, 1.54) is 0 Å². The number of ether oxygens (including phenoxy) is 3. The minimum atomic E-state index is -0.462. The van der Waals surface area contributed by atoms with E-state index in [-0.39, 0.29) is 6.61 Å². The number of hydrogen-bond acceptors (Lipinski definition) is 5. The number of hydrogen-bond donors (Lipinski definition) is 2. The van der Waals surface area contributed by atoms with Crippen LogP contribution in [0.4, 0.5) is 0 Å². The Hall–Kier alpha value is -3.06. The van der Waals surface area contributed by atoms with Gasteiger partial charge >= 0.3 is 5.97 Å². The van der Waals surface area contributed by atoms with Gasteiger partial charge in [-0.3, -0.25) is 0 Å². The SMILES string of the molecule is CCCCOc1ccc(C2NC(=S)NC(C)=C2C(=O)OCc2ccccc2)cc1OCC. The van der Waals surface area contributed by atoms with Crippen LogP contribution in [0.25, 0.3) is 0 Å². The van der Waals surface area contributed by atoms with E-state index in [1.807, 2.05) is 62.4 Å². The Morgan fingerprint density at radius 3 is 2.56 bits per heavy atom. The highest BCUT2D eigenvalue weighted by Crippen LogP contribution is 2.35. The number of benzene rings is 2. The fourth-order valence-electron chi connectivity index (χ4n) is 3.43. The average Bonchev–Trinajstić information content (AvgIpc) is 2.79. The van der Waals surface area contributed by atoms with Crippen molar-refractivity contribution in [3.8, 4) is 11.5 Å². The lowest BCUT2D eigenvalue weighted by atomic mass is 9.95. The summed E-state index contributed by atoms with van der Waals surface area (Å²) in [4.78, 5) is 13.1. The summed E-state index contributed by atoms with van der Waals surface area (Å²) < 4.78 is 17.3. The summed E-state index contributed by atoms with van der Waals surface area (Å²) in [5, 5.41) is 6.69. The summed E-state index contributed by atoms with van der Waals surface area (Å²) in [5.41, 5.74) is 2.91. The predicted molar refractivity (Wildman–Crippen MR) is 129 cm³/mol. The zero-order chi connectivity index (χ0) is 22.9. The van der Waals surface area contributed by atoms with Crippen LogP contribution < -0.4 is 20.1 Å². The lowest BCUT2D eigenvalue weighted by molar-refractivity contribution is -0.140. The third-order valence-electron chi connectivity index (χ3n) is 5.06. The average molecular weight is 455 g/mol. The maximum absolute atomic E-state index is 13.1. The molecule has 0 saturated heterocycles. The first kappa shape index (κ1) is 23.6. The van der Waals surface area contributed by atoms with Crippen molar-refractivity contribution in [1.29, 1.82) is 0 Å². The first-order chi connectivity index (χ1) is 15.5. The molecule has 0 aliphatic carbocycles. The van der Waals surface area contributed by atoms with Gasteiger partial charge in [-0.15, -0.1) is 0 Å². The highest BCUT2D eigenvalue weighted by Gasteiger charge is 2.31. The van der Waals surface area contributed by atoms with Gasteiger partial charge in [0.25, 0.3) is 0 Å². The largest absolute Gasteiger partial charge is 0.490 e. The van der Waals surface area contributed by atoms with Gasteiger partial charge in [0.15, 0.2) is 16.6 Å². The van der Waals surface area contributed by atoms with Crippen molar-refractivity contribution < 1.29 is 19.0 Å². The molecular weight excluding hydrogens is 424 g/mol. The van der Waals surface area contributed by atoms with Crippen molar-refractivity contribution in [2.45, 2.75) is 46.3 Å². The summed E-state index contributed by atoms with van der Waals surface area (Å²) in [7, 11) is 0. The van der Waals surface area contributed by atoms with Crippen LogP contribution in [-0.2, 0) is 16.1 Å². The monoisotopic (exact) mass is 454 g/mol. The van der Waals surface area contributed by atoms with Gasteiger partial charge in [0.2, 0.25) is 0 Å². The van der Waals surface area contributed by atoms with Crippen molar-refractivity contribution >= 4 is 23.3 Å². The van der Waals surface area contributed by atoms with Crippen LogP contribution >= 0.6 is 12.2 Å². The zero-order valence-corrected chi connectivity index (χ0v) is 19.6. The second-order valence-corrected chi connectivity index (χ2v) is 7.88. The number of nitrogens with one attached hydrogen (secondary N) is 2. The van der Waals surface area contributed by atoms with Crippen LogP contribution in [-0.4, -0.2) is 24.3 Å². The molecule has 1 unspecified atom stereocenters. The van der Waals surface area contributed by atoms with E-state index >= 15 is 0 Å². The fraction of sp³-hybridized carbons (Fsp3) is 0.360. The van der Waals surface area contributed by atoms with Gasteiger partial charge < -0.3 is 24.8 Å². The van der Waals surface area contributed by atoms with E-state index in [9.17, 15) is 4.79 Å². The van der Waals surface area contributed by atoms with Crippen LogP contribution in [0.15, 0.2) is 59.8 Å². The molecule has 3 rings (SSSR count). The number of rotatable bonds is 10. The second kappa shape index (κ2) is 11.5. The van der Waals surface area contributed by atoms with Crippen molar-refractivity contribution in [2.75, 3.05) is 13.2 Å². The Bertz CT molecular complexity index is 975. The van der Waals surface area contributed by atoms with Crippen LogP contribution in [0.2, 0.25) is 0 Å². The molecule has 7 heteroatoms. The molecule has 0 bridgehead atoms. The van der Waals surface area contributed by atoms with Crippen LogP contribution in [0.5, 0.6) is 11.5 Å². The molecule has 0 spiro atoms. The summed E-state index contributed by atoms with van der Waals surface area (Å²) >= 11 is 5.36. The number of carbonyl (C=O) groups is 1. The molecule has 0 radical (unpaired) electrons. The standard InChI is InChI=1S/C25H30N2O4S/c1-4-6-14-30-20-13-12-19(15-21(20)29-5-2)23-22(17(3)26-25(32)27-23)24(28)31-16-18-10-8-7-9-11-18/h7-13,15,23H,4-6,14,16H2,1-3H3,(H2,26,27,32). The van der Waals surface area contributed by atoms with Crippen molar-refractivity contribution in [3.63, 3.8) is 0 Å². The number of esters is 1. The normalized spacial score (nSPS) is 15.6. The van der Waals surface area contributed by atoms with E-state index < -0.39 is 12.0 Å². The molecule has 0 fully saturated rings. The molecule has 170 valence electrons. The Morgan fingerprint density at radius 1 is 1.06 bits per heavy atom. The highest BCUT2D eigenvalue weighted by molar-refractivity contribution is 7.80. The van der Waals surface area contributed by atoms with E-state index in [2.05, 4.69) is 17.6 Å². The Morgan fingerprint density at radius 2 is 1.84 bits per heavy atom. The lowest BCUT2D eigenvalue weighted by Gasteiger charge is -2.30. The van der Waals surface area contributed by atoms with Gasteiger partial charge in [-0.05, 0) is 55.7 Å². The minimum absolute atomic E-state index is 0.196. The molecule has 2 aromatic rings. The molecule has 0 amide bonds. The van der Waals surface area contributed by atoms with Gasteiger partial charge in [-0.1, -0.05) is 49.7 Å². The van der Waals surface area contributed by atoms with Gasteiger partial charge in [0, 0.05) is 5.70 Å². The van der Waals surface area contributed by atoms with Crippen LogP contribution in [0, 0.1) is 0 Å². The number of thiocarbonyl (C=S) groups is 1. The highest BCUT2D eigenvalue weighted by atomic mass is 32.1. The maximum Gasteiger partial charge on any atom is 0.338 e. The summed E-state index contributed by atoms with van der Waals surface area (Å²) in [6.45, 7) is 7.20. The van der Waals surface area contributed by atoms with Gasteiger partial charge in [-0.2, -0.15) is 0 Å². The molecule has 0 aromatic heterocycles. The summed E-state index contributed by atoms with van der Waals surface area (Å²) in [6, 6.07) is 14.8. The first-order valence-corrected chi connectivity index (χ1v) is 11.3. The predicted octanol–water partition coefficient (Wildman–Crippen LogP) is 4.80. The summed E-state index contributed by atoms with van der Waals surface area (Å²) in [6.07, 6.45) is 2.02. The van der Waals surface area contributed by atoms with E-state index in [4.69, 9.17) is 26.4 Å². The topological polar surface area (TPSA) is 68.8 Å². The van der Waals surface area contributed by atoms with E-state index in [0.717, 1.165) is 24.0 Å². The number of unbranched alkanes of at least 4 members (excludes halogenated alkanes) is 1. The Kier molecular flexibility index (Phi) is 8.50. The fourth-order valence-corrected chi connectivity index (χ4v) is 3.70. The molecule has 1 aliphatic rings. The number of allylic oxidation sites excluding steroid dienone is 1. The smallest absolute Gasteiger partial charge is 0.338 e. The van der Waals surface area contributed by atoms with Crippen molar-refractivity contribution in [2.24, 2.45) is 0 Å². The zero-order valence-electron chi connectivity index (χ0n) is 18.8.